The highest BCUT2D eigenvalue weighted by molar-refractivity contribution is 9.09. The average Bonchev–Trinajstić information content (AvgIpc) is 2.75. The molecule has 1 N–H and O–H groups in total. The highest BCUT2D eigenvalue weighted by atomic mass is 79.9. The van der Waals surface area contributed by atoms with Crippen molar-refractivity contribution in [3.63, 3.8) is 0 Å². The molecule has 2 atom stereocenters. The Hall–Kier alpha value is -1.37. The van der Waals surface area contributed by atoms with Gasteiger partial charge in [-0.05, 0) is 19.3 Å². The van der Waals surface area contributed by atoms with Crippen LogP contribution in [0.25, 0.3) is 5.65 Å². The maximum atomic E-state index is 11.6. The summed E-state index contributed by atoms with van der Waals surface area (Å²) in [5.41, 5.74) is 0.384. The number of aromatic nitrogens is 4. The molecular formula is C12H16BrN5O. The number of nitrogens with one attached hydrogen (secondary N) is 1. The van der Waals surface area contributed by atoms with E-state index in [2.05, 4.69) is 42.9 Å². The van der Waals surface area contributed by atoms with Crippen molar-refractivity contribution in [1.82, 2.24) is 19.6 Å². The summed E-state index contributed by atoms with van der Waals surface area (Å²) in [5, 5.41) is 6.47. The number of aryl methyl sites for hydroxylation is 1. The van der Waals surface area contributed by atoms with Crippen LogP contribution in [0.3, 0.4) is 0 Å². The SMILES string of the molecule is Cc1nc(N2CCC(C)C(Br)C2)cc2n[nH]c(=O)n12. The fraction of sp³-hybridized carbons (Fsp3) is 0.583. The molecule has 0 aromatic carbocycles. The Labute approximate surface area is 119 Å². The summed E-state index contributed by atoms with van der Waals surface area (Å²) >= 11 is 3.72. The highest BCUT2D eigenvalue weighted by Gasteiger charge is 2.25. The summed E-state index contributed by atoms with van der Waals surface area (Å²) in [5.74, 6) is 2.23. The Morgan fingerprint density at radius 1 is 1.53 bits per heavy atom. The van der Waals surface area contributed by atoms with Gasteiger partial charge in [-0.3, -0.25) is 0 Å². The van der Waals surface area contributed by atoms with Crippen LogP contribution in [0, 0.1) is 12.8 Å². The van der Waals surface area contributed by atoms with Crippen molar-refractivity contribution in [2.75, 3.05) is 18.0 Å². The van der Waals surface area contributed by atoms with Gasteiger partial charge in [-0.2, -0.15) is 5.10 Å². The molecule has 1 aliphatic heterocycles. The van der Waals surface area contributed by atoms with Crippen LogP contribution in [0.5, 0.6) is 0 Å². The van der Waals surface area contributed by atoms with Gasteiger partial charge in [0, 0.05) is 24.0 Å². The summed E-state index contributed by atoms with van der Waals surface area (Å²) in [6.45, 7) is 6.00. The van der Waals surface area contributed by atoms with E-state index in [0.29, 0.717) is 22.2 Å². The van der Waals surface area contributed by atoms with Crippen molar-refractivity contribution >= 4 is 27.4 Å². The summed E-state index contributed by atoms with van der Waals surface area (Å²) in [7, 11) is 0. The Bertz CT molecular complexity index is 664. The summed E-state index contributed by atoms with van der Waals surface area (Å²) in [6, 6.07) is 1.86. The number of hydrogen-bond acceptors (Lipinski definition) is 4. The van der Waals surface area contributed by atoms with Crippen LogP contribution in [0.4, 0.5) is 5.82 Å². The lowest BCUT2D eigenvalue weighted by Crippen LogP contribution is -2.40. The van der Waals surface area contributed by atoms with Gasteiger partial charge in [0.15, 0.2) is 5.65 Å². The van der Waals surface area contributed by atoms with Crippen molar-refractivity contribution in [3.8, 4) is 0 Å². The van der Waals surface area contributed by atoms with E-state index in [0.717, 1.165) is 25.3 Å². The molecule has 0 amide bonds. The molecule has 1 fully saturated rings. The largest absolute Gasteiger partial charge is 0.355 e. The molecule has 2 aromatic heterocycles. The van der Waals surface area contributed by atoms with E-state index in [4.69, 9.17) is 0 Å². The monoisotopic (exact) mass is 325 g/mol. The van der Waals surface area contributed by atoms with Gasteiger partial charge < -0.3 is 4.90 Å². The molecule has 19 heavy (non-hydrogen) atoms. The third-order valence-electron chi connectivity index (χ3n) is 3.75. The van der Waals surface area contributed by atoms with Gasteiger partial charge in [0.2, 0.25) is 0 Å². The zero-order valence-electron chi connectivity index (χ0n) is 10.9. The number of alkyl halides is 1. The summed E-state index contributed by atoms with van der Waals surface area (Å²) in [6.07, 6.45) is 1.13. The van der Waals surface area contributed by atoms with Gasteiger partial charge >= 0.3 is 5.69 Å². The molecule has 0 radical (unpaired) electrons. The average molecular weight is 326 g/mol. The van der Waals surface area contributed by atoms with Crippen molar-refractivity contribution in [3.05, 3.63) is 22.4 Å². The number of anilines is 1. The second-order valence-electron chi connectivity index (χ2n) is 5.11. The molecule has 1 saturated heterocycles. The number of fused-ring (bicyclic) bond motifs is 1. The predicted octanol–water partition coefficient (Wildman–Crippen LogP) is 1.34. The second-order valence-corrected chi connectivity index (χ2v) is 6.29. The van der Waals surface area contributed by atoms with E-state index in [1.165, 1.54) is 4.40 Å². The van der Waals surface area contributed by atoms with E-state index in [1.54, 1.807) is 0 Å². The number of halogens is 1. The number of aromatic amines is 1. The quantitative estimate of drug-likeness (QED) is 0.803. The molecule has 2 unspecified atom stereocenters. The minimum Gasteiger partial charge on any atom is -0.355 e. The van der Waals surface area contributed by atoms with E-state index in [9.17, 15) is 4.79 Å². The third-order valence-corrected chi connectivity index (χ3v) is 4.94. The van der Waals surface area contributed by atoms with Crippen LogP contribution in [-0.2, 0) is 0 Å². The van der Waals surface area contributed by atoms with Crippen LogP contribution in [0.2, 0.25) is 0 Å². The van der Waals surface area contributed by atoms with E-state index < -0.39 is 0 Å². The van der Waals surface area contributed by atoms with E-state index in [1.807, 2.05) is 13.0 Å². The third kappa shape index (κ3) is 2.16. The Morgan fingerprint density at radius 2 is 2.32 bits per heavy atom. The minimum atomic E-state index is -0.239. The van der Waals surface area contributed by atoms with Gasteiger partial charge in [0.25, 0.3) is 0 Å². The maximum absolute atomic E-state index is 11.6. The Morgan fingerprint density at radius 3 is 3.05 bits per heavy atom. The first-order chi connectivity index (χ1) is 9.06. The van der Waals surface area contributed by atoms with Crippen LogP contribution < -0.4 is 10.6 Å². The summed E-state index contributed by atoms with van der Waals surface area (Å²) < 4.78 is 1.49. The normalized spacial score (nSPS) is 24.1. The molecule has 0 aliphatic carbocycles. The number of hydrogen-bond donors (Lipinski definition) is 1. The molecule has 3 heterocycles. The summed E-state index contributed by atoms with van der Waals surface area (Å²) in [4.78, 5) is 18.8. The lowest BCUT2D eigenvalue weighted by molar-refractivity contribution is 0.454. The number of nitrogens with zero attached hydrogens (tertiary/aromatic N) is 4. The molecule has 7 heteroatoms. The van der Waals surface area contributed by atoms with Crippen LogP contribution in [0.1, 0.15) is 19.2 Å². The van der Waals surface area contributed by atoms with E-state index >= 15 is 0 Å². The van der Waals surface area contributed by atoms with Gasteiger partial charge in [0.05, 0.1) is 0 Å². The topological polar surface area (TPSA) is 66.3 Å². The van der Waals surface area contributed by atoms with Gasteiger partial charge in [-0.1, -0.05) is 22.9 Å². The van der Waals surface area contributed by atoms with Crippen LogP contribution in [-0.4, -0.2) is 37.5 Å². The maximum Gasteiger partial charge on any atom is 0.349 e. The molecule has 0 bridgehead atoms. The van der Waals surface area contributed by atoms with E-state index in [-0.39, 0.29) is 5.69 Å². The van der Waals surface area contributed by atoms with Crippen LogP contribution in [0.15, 0.2) is 10.9 Å². The molecule has 1 aliphatic rings. The molecule has 0 saturated carbocycles. The van der Waals surface area contributed by atoms with Gasteiger partial charge in [0.1, 0.15) is 11.6 Å². The lowest BCUT2D eigenvalue weighted by atomic mass is 9.99. The van der Waals surface area contributed by atoms with Crippen molar-refractivity contribution in [2.24, 2.45) is 5.92 Å². The van der Waals surface area contributed by atoms with Gasteiger partial charge in [-0.25, -0.2) is 19.3 Å². The second kappa shape index (κ2) is 4.63. The molecule has 3 rings (SSSR count). The minimum absolute atomic E-state index is 0.239. The molecule has 0 spiro atoms. The van der Waals surface area contributed by atoms with Crippen molar-refractivity contribution < 1.29 is 0 Å². The zero-order chi connectivity index (χ0) is 13.6. The van der Waals surface area contributed by atoms with Gasteiger partial charge in [-0.15, -0.1) is 0 Å². The fourth-order valence-corrected chi connectivity index (χ4v) is 3.09. The number of piperidine rings is 1. The Balaban J connectivity index is 1.99. The van der Waals surface area contributed by atoms with Crippen LogP contribution >= 0.6 is 15.9 Å². The predicted molar refractivity (Wildman–Crippen MR) is 77.1 cm³/mol. The number of H-pyrrole nitrogens is 1. The zero-order valence-corrected chi connectivity index (χ0v) is 12.5. The lowest BCUT2D eigenvalue weighted by Gasteiger charge is -2.35. The standard InChI is InChI=1S/C12H16BrN5O/c1-7-3-4-17(6-9(7)13)10-5-11-15-16-12(19)18(11)8(2)14-10/h5,7,9H,3-4,6H2,1-2H3,(H,16,19). The fourth-order valence-electron chi connectivity index (χ4n) is 2.47. The Kier molecular flexibility index (Phi) is 3.08. The highest BCUT2D eigenvalue weighted by Crippen LogP contribution is 2.26. The first kappa shape index (κ1) is 12.7. The smallest absolute Gasteiger partial charge is 0.349 e. The first-order valence-electron chi connectivity index (χ1n) is 6.40. The number of rotatable bonds is 1. The molecule has 6 nitrogen and oxygen atoms in total. The first-order valence-corrected chi connectivity index (χ1v) is 7.31. The molecule has 102 valence electrons. The van der Waals surface area contributed by atoms with Crippen molar-refractivity contribution in [2.45, 2.75) is 25.1 Å². The molecular weight excluding hydrogens is 310 g/mol. The van der Waals surface area contributed by atoms with Crippen molar-refractivity contribution in [1.29, 1.82) is 0 Å². The molecule has 2 aromatic rings.